The summed E-state index contributed by atoms with van der Waals surface area (Å²) in [6.07, 6.45) is 3.78. The van der Waals surface area contributed by atoms with Crippen molar-refractivity contribution in [3.63, 3.8) is 0 Å². The maximum atomic E-state index is 14.9. The third kappa shape index (κ3) is 5.62. The second kappa shape index (κ2) is 10.7. The van der Waals surface area contributed by atoms with Gasteiger partial charge in [0.25, 0.3) is 0 Å². The first-order valence-electron chi connectivity index (χ1n) is 13.8. The second-order valence-corrected chi connectivity index (χ2v) is 12.1. The Morgan fingerprint density at radius 3 is 2.48 bits per heavy atom. The number of rotatable bonds is 12. The molecule has 1 unspecified atom stereocenters. The molecule has 0 saturated heterocycles. The predicted octanol–water partition coefficient (Wildman–Crippen LogP) is 6.90. The highest BCUT2D eigenvalue weighted by molar-refractivity contribution is 5.68. The molecule has 2 aliphatic rings. The molecule has 1 aromatic heterocycles. The van der Waals surface area contributed by atoms with E-state index in [4.69, 9.17) is 19.2 Å². The summed E-state index contributed by atoms with van der Waals surface area (Å²) >= 11 is 0. The number of carboxylic acid groups (broad SMARTS) is 1. The van der Waals surface area contributed by atoms with Gasteiger partial charge in [-0.2, -0.15) is 0 Å². The molecule has 0 aliphatic heterocycles. The molecule has 5 rings (SSSR count). The molecule has 212 valence electrons. The van der Waals surface area contributed by atoms with Gasteiger partial charge in [0.1, 0.15) is 35.3 Å². The standard InChI is InChI=1S/C32H37FN2O5/c1-31(2)27(32(31,3)4)18-40-30-29(25-14-22(38-5)11-12-26(25)33)34-16-21(35-30)17-39-23-8-6-7-20(13-23)24(15-28(36)37)19-9-10-19/h6-8,11-14,16,19,24,27H,9-10,15,17-18H2,1-5H3,(H,36,37). The van der Waals surface area contributed by atoms with Crippen LogP contribution >= 0.6 is 0 Å². The molecule has 2 fully saturated rings. The smallest absolute Gasteiger partial charge is 0.303 e. The summed E-state index contributed by atoms with van der Waals surface area (Å²) in [5.41, 5.74) is 2.29. The van der Waals surface area contributed by atoms with Crippen LogP contribution in [0, 0.1) is 28.5 Å². The summed E-state index contributed by atoms with van der Waals surface area (Å²) in [6.45, 7) is 9.44. The van der Waals surface area contributed by atoms with E-state index >= 15 is 0 Å². The Hall–Kier alpha value is -3.68. The van der Waals surface area contributed by atoms with Gasteiger partial charge >= 0.3 is 5.97 Å². The number of hydrogen-bond acceptors (Lipinski definition) is 6. The van der Waals surface area contributed by atoms with Crippen LogP contribution < -0.4 is 14.2 Å². The minimum Gasteiger partial charge on any atom is -0.497 e. The Morgan fingerprint density at radius 2 is 1.82 bits per heavy atom. The highest BCUT2D eigenvalue weighted by Crippen LogP contribution is 2.68. The second-order valence-electron chi connectivity index (χ2n) is 12.1. The summed E-state index contributed by atoms with van der Waals surface area (Å²) in [5.74, 6) is 0.844. The molecule has 2 aliphatic carbocycles. The van der Waals surface area contributed by atoms with E-state index in [0.29, 0.717) is 41.3 Å². The molecule has 0 bridgehead atoms. The van der Waals surface area contributed by atoms with E-state index in [1.165, 1.54) is 13.2 Å². The van der Waals surface area contributed by atoms with Crippen LogP contribution in [0.5, 0.6) is 17.4 Å². The fourth-order valence-electron chi connectivity index (χ4n) is 5.72. The minimum atomic E-state index is -0.795. The number of aromatic nitrogens is 2. The summed E-state index contributed by atoms with van der Waals surface area (Å²) in [4.78, 5) is 20.7. The maximum Gasteiger partial charge on any atom is 0.303 e. The zero-order chi connectivity index (χ0) is 28.7. The van der Waals surface area contributed by atoms with Gasteiger partial charge < -0.3 is 19.3 Å². The molecule has 3 aromatic rings. The number of carboxylic acids is 1. The van der Waals surface area contributed by atoms with Crippen molar-refractivity contribution in [1.29, 1.82) is 0 Å². The molecule has 7 nitrogen and oxygen atoms in total. The summed E-state index contributed by atoms with van der Waals surface area (Å²) in [6, 6.07) is 12.1. The van der Waals surface area contributed by atoms with Gasteiger partial charge in [-0.3, -0.25) is 4.79 Å². The zero-order valence-corrected chi connectivity index (χ0v) is 23.7. The molecule has 8 heteroatoms. The quantitative estimate of drug-likeness (QED) is 0.263. The fraction of sp³-hybridized carbons (Fsp3) is 0.469. The summed E-state index contributed by atoms with van der Waals surface area (Å²) in [7, 11) is 1.53. The summed E-state index contributed by atoms with van der Waals surface area (Å²) < 4.78 is 32.5. The van der Waals surface area contributed by atoms with Gasteiger partial charge in [-0.05, 0) is 71.4 Å². The number of ether oxygens (including phenoxy) is 3. The van der Waals surface area contributed by atoms with E-state index in [0.717, 1.165) is 18.4 Å². The highest BCUT2D eigenvalue weighted by Gasteiger charge is 2.64. The highest BCUT2D eigenvalue weighted by atomic mass is 19.1. The third-order valence-electron chi connectivity index (χ3n) is 9.18. The Bertz CT molecular complexity index is 1390. The first-order valence-corrected chi connectivity index (χ1v) is 13.8. The predicted molar refractivity (Wildman–Crippen MR) is 149 cm³/mol. The molecular formula is C32H37FN2O5. The topological polar surface area (TPSA) is 90.8 Å². The number of aliphatic carboxylic acids is 1. The largest absolute Gasteiger partial charge is 0.497 e. The van der Waals surface area contributed by atoms with Crippen LogP contribution in [-0.4, -0.2) is 34.8 Å². The molecular weight excluding hydrogens is 511 g/mol. The number of methoxy groups -OCH3 is 1. The van der Waals surface area contributed by atoms with Gasteiger partial charge in [-0.15, -0.1) is 0 Å². The zero-order valence-electron chi connectivity index (χ0n) is 23.7. The van der Waals surface area contributed by atoms with Crippen LogP contribution in [0.3, 0.4) is 0 Å². The van der Waals surface area contributed by atoms with Crippen LogP contribution in [0.2, 0.25) is 0 Å². The fourth-order valence-corrected chi connectivity index (χ4v) is 5.72. The van der Waals surface area contributed by atoms with Crippen molar-refractivity contribution in [2.24, 2.45) is 22.7 Å². The SMILES string of the molecule is COc1ccc(F)c(-c2ncc(COc3cccc(C(CC(=O)O)C4CC4)c3)nc2OCC2C(C)(C)C2(C)C)c1. The van der Waals surface area contributed by atoms with Gasteiger partial charge in [0.15, 0.2) is 0 Å². The van der Waals surface area contributed by atoms with E-state index in [-0.39, 0.29) is 41.2 Å². The summed E-state index contributed by atoms with van der Waals surface area (Å²) in [5, 5.41) is 9.37. The first kappa shape index (κ1) is 27.9. The average molecular weight is 549 g/mol. The Labute approximate surface area is 234 Å². The van der Waals surface area contributed by atoms with E-state index < -0.39 is 11.8 Å². The van der Waals surface area contributed by atoms with E-state index in [1.807, 2.05) is 24.3 Å². The lowest BCUT2D eigenvalue weighted by Crippen LogP contribution is -2.10. The first-order chi connectivity index (χ1) is 19.0. The van der Waals surface area contributed by atoms with E-state index in [9.17, 15) is 14.3 Å². The van der Waals surface area contributed by atoms with Crippen molar-refractivity contribution in [2.45, 2.75) is 59.5 Å². The minimum absolute atomic E-state index is 0.0196. The molecule has 1 heterocycles. The molecule has 2 saturated carbocycles. The number of benzene rings is 2. The van der Waals surface area contributed by atoms with E-state index in [1.54, 1.807) is 18.3 Å². The van der Waals surface area contributed by atoms with E-state index in [2.05, 4.69) is 32.7 Å². The van der Waals surface area contributed by atoms with Crippen molar-refractivity contribution in [3.05, 3.63) is 65.7 Å². The van der Waals surface area contributed by atoms with Crippen LogP contribution in [0.4, 0.5) is 4.39 Å². The van der Waals surface area contributed by atoms with Gasteiger partial charge in [0, 0.05) is 11.5 Å². The Morgan fingerprint density at radius 1 is 1.07 bits per heavy atom. The number of nitrogens with zero attached hydrogens (tertiary/aromatic N) is 2. The van der Waals surface area contributed by atoms with Crippen molar-refractivity contribution in [3.8, 4) is 28.6 Å². The van der Waals surface area contributed by atoms with Gasteiger partial charge in [0.05, 0.1) is 26.3 Å². The van der Waals surface area contributed by atoms with Gasteiger partial charge in [-0.25, -0.2) is 14.4 Å². The van der Waals surface area contributed by atoms with Gasteiger partial charge in [-0.1, -0.05) is 39.8 Å². The number of halogens is 1. The molecule has 1 N–H and O–H groups in total. The lowest BCUT2D eigenvalue weighted by molar-refractivity contribution is -0.137. The number of carbonyl (C=O) groups is 1. The maximum absolute atomic E-state index is 14.9. The van der Waals surface area contributed by atoms with Crippen LogP contribution in [0.1, 0.15) is 64.1 Å². The van der Waals surface area contributed by atoms with Crippen LogP contribution in [-0.2, 0) is 11.4 Å². The molecule has 40 heavy (non-hydrogen) atoms. The Balaban J connectivity index is 1.38. The monoisotopic (exact) mass is 548 g/mol. The molecule has 2 aromatic carbocycles. The van der Waals surface area contributed by atoms with Crippen LogP contribution in [0.25, 0.3) is 11.3 Å². The molecule has 0 radical (unpaired) electrons. The third-order valence-corrected chi connectivity index (χ3v) is 9.18. The van der Waals surface area contributed by atoms with Crippen molar-refractivity contribution in [1.82, 2.24) is 9.97 Å². The molecule has 0 spiro atoms. The molecule has 1 atom stereocenters. The molecule has 0 amide bonds. The van der Waals surface area contributed by atoms with Crippen molar-refractivity contribution < 1.29 is 28.5 Å². The average Bonchev–Trinajstić information content (AvgIpc) is 3.82. The lowest BCUT2D eigenvalue weighted by Gasteiger charge is -2.16. The van der Waals surface area contributed by atoms with Crippen molar-refractivity contribution in [2.75, 3.05) is 13.7 Å². The van der Waals surface area contributed by atoms with Crippen molar-refractivity contribution >= 4 is 5.97 Å². The normalized spacial score (nSPS) is 18.1. The van der Waals surface area contributed by atoms with Crippen LogP contribution in [0.15, 0.2) is 48.7 Å². The number of hydrogen-bond donors (Lipinski definition) is 1. The lowest BCUT2D eigenvalue weighted by atomic mass is 9.91. The van der Waals surface area contributed by atoms with Gasteiger partial charge in [0.2, 0.25) is 5.88 Å². The Kier molecular flexibility index (Phi) is 7.46.